The summed E-state index contributed by atoms with van der Waals surface area (Å²) in [7, 11) is 6.94. The van der Waals surface area contributed by atoms with E-state index in [1.54, 1.807) is 47.3 Å². The van der Waals surface area contributed by atoms with Crippen LogP contribution >= 0.6 is 11.6 Å². The molecule has 16 heteroatoms. The molecule has 1 N–H and O–H groups in total. The average Bonchev–Trinajstić information content (AvgIpc) is 3.70. The molecule has 1 fully saturated rings. The standard InChI is InChI=1S/C44H45ClN8O7/c1-53(2,28-31-12-13-46-43(31)52(56)57)16-6-9-34(54)20-29-7-5-8-30(19-29)27-51-38-24-41(49-40-11-10-33(26-48-40)50-14-17-60-18-15-50)47-25-32(38)21-37(44(51)55)36-22-35(58-3)23-39(59-4)42(36)45/h5-11,13,19,21-26H,12,14-18,20,27-28H2,1-4H3/p+1/b9-6+. The molecule has 0 radical (unpaired) electrons. The Morgan fingerprint density at radius 2 is 1.78 bits per heavy atom. The minimum Gasteiger partial charge on any atom is -0.497 e. The van der Waals surface area contributed by atoms with Crippen molar-refractivity contribution >= 4 is 51.8 Å². The Morgan fingerprint density at radius 3 is 2.52 bits per heavy atom. The number of aliphatic imine (C=N–C) groups is 1. The number of fused-ring (bicyclic) bond motifs is 1. The van der Waals surface area contributed by atoms with Crippen LogP contribution in [0, 0.1) is 10.1 Å². The largest absolute Gasteiger partial charge is 0.497 e. The number of carbonyl (C=O) groups is 1. The number of hydrogen-bond acceptors (Lipinski definition) is 12. The highest BCUT2D eigenvalue weighted by atomic mass is 35.5. The number of nitrogens with one attached hydrogen (secondary N) is 1. The van der Waals surface area contributed by atoms with Crippen LogP contribution in [0.5, 0.6) is 11.5 Å². The van der Waals surface area contributed by atoms with Crippen molar-refractivity contribution < 1.29 is 28.4 Å². The van der Waals surface area contributed by atoms with E-state index in [4.69, 9.17) is 25.8 Å². The molecule has 0 amide bonds. The van der Waals surface area contributed by atoms with Gasteiger partial charge < -0.3 is 43.6 Å². The summed E-state index contributed by atoms with van der Waals surface area (Å²) in [6, 6.07) is 18.4. The van der Waals surface area contributed by atoms with Crippen molar-refractivity contribution in [1.82, 2.24) is 14.5 Å². The van der Waals surface area contributed by atoms with Crippen LogP contribution in [0.25, 0.3) is 22.0 Å². The fraction of sp³-hybridized carbons (Fsp3) is 0.295. The number of allylic oxidation sites excluding steroid dienone is 1. The number of halogens is 1. The van der Waals surface area contributed by atoms with E-state index in [0.29, 0.717) is 87.9 Å². The lowest BCUT2D eigenvalue weighted by molar-refractivity contribution is -0.880. The summed E-state index contributed by atoms with van der Waals surface area (Å²) in [5, 5.41) is 15.6. The van der Waals surface area contributed by atoms with Gasteiger partial charge in [0.25, 0.3) is 5.56 Å². The number of ether oxygens (including phenoxy) is 3. The summed E-state index contributed by atoms with van der Waals surface area (Å²) >= 11 is 6.83. The fourth-order valence-corrected chi connectivity index (χ4v) is 7.68. The molecule has 60 heavy (non-hydrogen) atoms. The van der Waals surface area contributed by atoms with Crippen molar-refractivity contribution in [2.75, 3.05) is 77.9 Å². The van der Waals surface area contributed by atoms with Gasteiger partial charge in [0.2, 0.25) is 0 Å². The Balaban J connectivity index is 1.16. The van der Waals surface area contributed by atoms with Gasteiger partial charge in [0.05, 0.1) is 82.6 Å². The van der Waals surface area contributed by atoms with E-state index in [1.807, 2.05) is 62.8 Å². The summed E-state index contributed by atoms with van der Waals surface area (Å²) in [4.78, 5) is 54.2. The molecule has 0 bridgehead atoms. The topological polar surface area (TPSA) is 163 Å². The monoisotopic (exact) mass is 833 g/mol. The molecular formula is C44H46ClN8O7+. The molecule has 0 saturated carbocycles. The van der Waals surface area contributed by atoms with Gasteiger partial charge in [-0.25, -0.2) is 9.97 Å². The molecular weight excluding hydrogens is 788 g/mol. The van der Waals surface area contributed by atoms with Gasteiger partial charge in [0, 0.05) is 60.8 Å². The molecule has 15 nitrogen and oxygen atoms in total. The Labute approximate surface area is 351 Å². The van der Waals surface area contributed by atoms with Gasteiger partial charge in [-0.15, -0.1) is 0 Å². The predicted molar refractivity (Wildman–Crippen MR) is 232 cm³/mol. The van der Waals surface area contributed by atoms with Crippen molar-refractivity contribution in [3.05, 3.63) is 133 Å². The summed E-state index contributed by atoms with van der Waals surface area (Å²) in [5.74, 6) is 1.74. The fourth-order valence-electron chi connectivity index (χ4n) is 7.39. The molecule has 5 aromatic rings. The first-order valence-electron chi connectivity index (χ1n) is 19.4. The van der Waals surface area contributed by atoms with E-state index < -0.39 is 4.92 Å². The summed E-state index contributed by atoms with van der Waals surface area (Å²) in [6.07, 6.45) is 9.03. The molecule has 3 aromatic heterocycles. The number of nitrogens with zero attached hydrogens (tertiary/aromatic N) is 7. The minimum atomic E-state index is -0.452. The number of quaternary nitrogens is 1. The maximum Gasteiger partial charge on any atom is 0.368 e. The van der Waals surface area contributed by atoms with Crippen molar-refractivity contribution in [2.24, 2.45) is 4.99 Å². The predicted octanol–water partition coefficient (Wildman–Crippen LogP) is 6.46. The van der Waals surface area contributed by atoms with Crippen LogP contribution in [0.1, 0.15) is 17.5 Å². The zero-order chi connectivity index (χ0) is 42.4. The molecule has 310 valence electrons. The van der Waals surface area contributed by atoms with Crippen LogP contribution in [0.2, 0.25) is 5.02 Å². The number of morpholine rings is 1. The Kier molecular flexibility index (Phi) is 12.7. The third-order valence-electron chi connectivity index (χ3n) is 10.4. The molecule has 1 saturated heterocycles. The maximum absolute atomic E-state index is 14.7. The molecule has 2 aliphatic rings. The van der Waals surface area contributed by atoms with Gasteiger partial charge >= 0.3 is 5.82 Å². The SMILES string of the molecule is COc1cc(OC)c(Cl)c(-c2cc3cnc(Nc4ccc(N5CCOCC5)cn4)cc3n(Cc3cccc(CC(=O)/C=C/C[N+](C)(C)CC4=C([N+](=O)[O-])N=CC4)c3)c2=O)c1. The summed E-state index contributed by atoms with van der Waals surface area (Å²) in [5.41, 5.74) is 4.35. The Bertz CT molecular complexity index is 2580. The lowest BCUT2D eigenvalue weighted by Gasteiger charge is -2.28. The first kappa shape index (κ1) is 41.7. The zero-order valence-corrected chi connectivity index (χ0v) is 34.6. The van der Waals surface area contributed by atoms with Gasteiger partial charge in [0.1, 0.15) is 35.9 Å². The highest BCUT2D eigenvalue weighted by molar-refractivity contribution is 6.35. The van der Waals surface area contributed by atoms with Gasteiger partial charge in [-0.05, 0) is 52.5 Å². The number of benzene rings is 2. The minimum absolute atomic E-state index is 0.0935. The second-order valence-corrected chi connectivity index (χ2v) is 15.6. The van der Waals surface area contributed by atoms with Crippen LogP contribution in [-0.2, 0) is 22.5 Å². The zero-order valence-electron chi connectivity index (χ0n) is 33.9. The van der Waals surface area contributed by atoms with Gasteiger partial charge in [0.15, 0.2) is 5.78 Å². The highest BCUT2D eigenvalue weighted by Gasteiger charge is 2.28. The number of likely N-dealkylation sites (N-methyl/N-ethyl adjacent to an activating group) is 1. The number of rotatable bonds is 16. The first-order valence-corrected chi connectivity index (χ1v) is 19.8. The molecule has 7 rings (SSSR count). The Hall–Kier alpha value is -6.42. The van der Waals surface area contributed by atoms with E-state index in [0.717, 1.165) is 29.9 Å². The lowest BCUT2D eigenvalue weighted by Crippen LogP contribution is -2.41. The van der Waals surface area contributed by atoms with Crippen LogP contribution in [0.4, 0.5) is 17.3 Å². The molecule has 2 aromatic carbocycles. The van der Waals surface area contributed by atoms with Crippen LogP contribution in [0.15, 0.2) is 106 Å². The van der Waals surface area contributed by atoms with Gasteiger partial charge in [-0.2, -0.15) is 0 Å². The van der Waals surface area contributed by atoms with Gasteiger partial charge in [-0.1, -0.05) is 40.9 Å². The van der Waals surface area contributed by atoms with E-state index in [1.165, 1.54) is 14.2 Å². The number of pyridine rings is 3. The first-order chi connectivity index (χ1) is 28.9. The van der Waals surface area contributed by atoms with Crippen LogP contribution in [0.3, 0.4) is 0 Å². The number of anilines is 3. The third-order valence-corrected chi connectivity index (χ3v) is 10.8. The second kappa shape index (κ2) is 18.2. The molecule has 5 heterocycles. The molecule has 2 aliphatic heterocycles. The average molecular weight is 834 g/mol. The number of nitro groups is 1. The van der Waals surface area contributed by atoms with Crippen LogP contribution in [-0.4, -0.2) is 104 Å². The van der Waals surface area contributed by atoms with Crippen molar-refractivity contribution in [2.45, 2.75) is 19.4 Å². The van der Waals surface area contributed by atoms with Crippen molar-refractivity contribution in [3.63, 3.8) is 0 Å². The number of hydrogen-bond donors (Lipinski definition) is 1. The van der Waals surface area contributed by atoms with E-state index in [9.17, 15) is 19.7 Å². The molecule has 0 atom stereocenters. The highest BCUT2D eigenvalue weighted by Crippen LogP contribution is 2.39. The number of methoxy groups -OCH3 is 2. The lowest BCUT2D eigenvalue weighted by atomic mass is 10.0. The maximum atomic E-state index is 14.7. The smallest absolute Gasteiger partial charge is 0.368 e. The second-order valence-electron chi connectivity index (χ2n) is 15.2. The molecule has 0 aliphatic carbocycles. The van der Waals surface area contributed by atoms with E-state index in [-0.39, 0.29) is 35.2 Å². The van der Waals surface area contributed by atoms with Crippen molar-refractivity contribution in [1.29, 1.82) is 0 Å². The number of carbonyl (C=O) groups excluding carboxylic acids is 1. The summed E-state index contributed by atoms with van der Waals surface area (Å²) in [6.45, 7) is 4.06. The Morgan fingerprint density at radius 1 is 1.00 bits per heavy atom. The quantitative estimate of drug-likeness (QED) is 0.0502. The number of aromatic nitrogens is 3. The van der Waals surface area contributed by atoms with E-state index in [2.05, 4.69) is 25.2 Å². The number of ketones is 1. The van der Waals surface area contributed by atoms with Crippen LogP contribution < -0.4 is 25.2 Å². The molecule has 0 spiro atoms. The van der Waals surface area contributed by atoms with Gasteiger partial charge in [-0.3, -0.25) is 9.59 Å². The third kappa shape index (κ3) is 9.71. The molecule has 0 unspecified atom stereocenters. The normalized spacial score (nSPS) is 14.3. The van der Waals surface area contributed by atoms with Crippen molar-refractivity contribution in [3.8, 4) is 22.6 Å². The van der Waals surface area contributed by atoms with E-state index >= 15 is 0 Å². The summed E-state index contributed by atoms with van der Waals surface area (Å²) < 4.78 is 18.6.